The number of rotatable bonds is 9. The first-order chi connectivity index (χ1) is 9.57. The zero-order chi connectivity index (χ0) is 15.0. The van der Waals surface area contributed by atoms with Crippen molar-refractivity contribution in [2.75, 3.05) is 0 Å². The zero-order valence-corrected chi connectivity index (χ0v) is 13.1. The van der Waals surface area contributed by atoms with Gasteiger partial charge in [0.05, 0.1) is 5.56 Å². The van der Waals surface area contributed by atoms with E-state index >= 15 is 0 Å². The third-order valence-electron chi connectivity index (χ3n) is 3.76. The van der Waals surface area contributed by atoms with Crippen molar-refractivity contribution in [3.05, 3.63) is 33.7 Å². The predicted octanol–water partition coefficient (Wildman–Crippen LogP) is 4.11. The molecule has 1 rings (SSSR count). The molecule has 0 N–H and O–H groups in total. The van der Waals surface area contributed by atoms with Gasteiger partial charge < -0.3 is 4.57 Å². The normalized spacial score (nSPS) is 10.8. The van der Waals surface area contributed by atoms with E-state index in [0.29, 0.717) is 5.56 Å². The van der Waals surface area contributed by atoms with Crippen LogP contribution in [0.5, 0.6) is 0 Å². The van der Waals surface area contributed by atoms with Crippen LogP contribution >= 0.6 is 0 Å². The number of hydrogen-bond acceptors (Lipinski definition) is 2. The van der Waals surface area contributed by atoms with Gasteiger partial charge >= 0.3 is 0 Å². The minimum atomic E-state index is -0.150. The lowest BCUT2D eigenvalue weighted by Crippen LogP contribution is -2.27. The molecule has 3 nitrogen and oxygen atoms in total. The van der Waals surface area contributed by atoms with E-state index in [2.05, 4.69) is 6.92 Å². The second-order valence-electron chi connectivity index (χ2n) is 5.52. The van der Waals surface area contributed by atoms with Crippen molar-refractivity contribution in [2.24, 2.45) is 0 Å². The molecule has 0 aliphatic rings. The van der Waals surface area contributed by atoms with Crippen LogP contribution in [0.1, 0.15) is 74.8 Å². The Bertz CT molecular complexity index is 488. The van der Waals surface area contributed by atoms with Gasteiger partial charge in [-0.25, -0.2) is 0 Å². The van der Waals surface area contributed by atoms with Gasteiger partial charge in [-0.05, 0) is 32.4 Å². The number of Topliss-reactive ketones (excluding diaryl/α,β-unsaturated/α-hetero) is 1. The van der Waals surface area contributed by atoms with E-state index in [0.717, 1.165) is 25.1 Å². The first-order valence-corrected chi connectivity index (χ1v) is 7.79. The fraction of sp³-hybridized carbons (Fsp3) is 0.647. The molecule has 0 radical (unpaired) electrons. The minimum Gasteiger partial charge on any atom is -0.312 e. The third kappa shape index (κ3) is 4.95. The topological polar surface area (TPSA) is 39.1 Å². The fourth-order valence-corrected chi connectivity index (χ4v) is 2.44. The molecule has 0 amide bonds. The molecule has 1 heterocycles. The van der Waals surface area contributed by atoms with Gasteiger partial charge in [-0.2, -0.15) is 0 Å². The summed E-state index contributed by atoms with van der Waals surface area (Å²) >= 11 is 0. The molecular formula is C17H27NO2. The van der Waals surface area contributed by atoms with Crippen LogP contribution in [0.2, 0.25) is 0 Å². The summed E-state index contributed by atoms with van der Waals surface area (Å²) in [6.45, 7) is 6.31. The highest BCUT2D eigenvalue weighted by molar-refractivity contribution is 5.93. The van der Waals surface area contributed by atoms with Crippen LogP contribution in [0.15, 0.2) is 16.9 Å². The Balaban J connectivity index is 2.50. The Morgan fingerprint density at radius 1 is 1.05 bits per heavy atom. The number of nitrogens with zero attached hydrogens (tertiary/aromatic N) is 1. The SMILES string of the molecule is CCCCCCCCCn1c(C)ccc(C(C)=O)c1=O. The Morgan fingerprint density at radius 3 is 2.25 bits per heavy atom. The van der Waals surface area contributed by atoms with Crippen LogP contribution < -0.4 is 5.56 Å². The molecule has 1 aromatic heterocycles. The van der Waals surface area contributed by atoms with Gasteiger partial charge in [0.15, 0.2) is 5.78 Å². The van der Waals surface area contributed by atoms with E-state index in [1.165, 1.54) is 39.0 Å². The Morgan fingerprint density at radius 2 is 1.65 bits per heavy atom. The van der Waals surface area contributed by atoms with Gasteiger partial charge in [0.1, 0.15) is 0 Å². The summed E-state index contributed by atoms with van der Waals surface area (Å²) in [5.74, 6) is -0.150. The van der Waals surface area contributed by atoms with E-state index in [4.69, 9.17) is 0 Å². The second kappa shape index (κ2) is 8.72. The molecule has 20 heavy (non-hydrogen) atoms. The molecule has 0 saturated heterocycles. The number of pyridine rings is 1. The van der Waals surface area contributed by atoms with Crippen LogP contribution in [0.4, 0.5) is 0 Å². The minimum absolute atomic E-state index is 0.136. The Labute approximate surface area is 122 Å². The highest BCUT2D eigenvalue weighted by Gasteiger charge is 2.09. The molecule has 112 valence electrons. The molecule has 0 fully saturated rings. The summed E-state index contributed by atoms with van der Waals surface area (Å²) < 4.78 is 1.74. The molecule has 0 saturated carbocycles. The maximum Gasteiger partial charge on any atom is 0.261 e. The van der Waals surface area contributed by atoms with Crippen molar-refractivity contribution in [1.29, 1.82) is 0 Å². The van der Waals surface area contributed by atoms with Crippen molar-refractivity contribution < 1.29 is 4.79 Å². The van der Waals surface area contributed by atoms with Crippen molar-refractivity contribution >= 4 is 5.78 Å². The largest absolute Gasteiger partial charge is 0.312 e. The van der Waals surface area contributed by atoms with Crippen LogP contribution in [-0.2, 0) is 6.54 Å². The quantitative estimate of drug-likeness (QED) is 0.503. The maximum atomic E-state index is 12.2. The molecule has 0 aliphatic carbocycles. The molecule has 1 aromatic rings. The Kier molecular flexibility index (Phi) is 7.27. The van der Waals surface area contributed by atoms with Gasteiger partial charge in [-0.15, -0.1) is 0 Å². The predicted molar refractivity (Wildman–Crippen MR) is 83.4 cm³/mol. The van der Waals surface area contributed by atoms with E-state index < -0.39 is 0 Å². The molecule has 0 bridgehead atoms. The van der Waals surface area contributed by atoms with Crippen molar-refractivity contribution in [3.63, 3.8) is 0 Å². The molecule has 0 aliphatic heterocycles. The summed E-state index contributed by atoms with van der Waals surface area (Å²) in [5.41, 5.74) is 1.10. The molecular weight excluding hydrogens is 250 g/mol. The van der Waals surface area contributed by atoms with E-state index in [1.54, 1.807) is 10.6 Å². The summed E-state index contributed by atoms with van der Waals surface area (Å²) in [7, 11) is 0. The standard InChI is InChI=1S/C17H27NO2/c1-4-5-6-7-8-9-10-13-18-14(2)11-12-16(15(3)19)17(18)20/h11-12H,4-10,13H2,1-3H3. The first-order valence-electron chi connectivity index (χ1n) is 7.79. The first kappa shape index (κ1) is 16.7. The zero-order valence-electron chi connectivity index (χ0n) is 13.1. The maximum absolute atomic E-state index is 12.2. The highest BCUT2D eigenvalue weighted by atomic mass is 16.1. The van der Waals surface area contributed by atoms with Gasteiger partial charge in [0.2, 0.25) is 0 Å². The van der Waals surface area contributed by atoms with Gasteiger partial charge in [0, 0.05) is 12.2 Å². The lowest BCUT2D eigenvalue weighted by Gasteiger charge is -2.11. The van der Waals surface area contributed by atoms with E-state index in [9.17, 15) is 9.59 Å². The van der Waals surface area contributed by atoms with E-state index in [-0.39, 0.29) is 11.3 Å². The summed E-state index contributed by atoms with van der Waals surface area (Å²) in [6.07, 6.45) is 8.59. The number of carbonyl (C=O) groups is 1. The number of aromatic nitrogens is 1. The van der Waals surface area contributed by atoms with Crippen LogP contribution in [0.3, 0.4) is 0 Å². The Hall–Kier alpha value is -1.38. The smallest absolute Gasteiger partial charge is 0.261 e. The number of hydrogen-bond donors (Lipinski definition) is 0. The van der Waals surface area contributed by atoms with Crippen LogP contribution in [0, 0.1) is 6.92 Å². The monoisotopic (exact) mass is 277 g/mol. The fourth-order valence-electron chi connectivity index (χ4n) is 2.44. The molecule has 0 spiro atoms. The van der Waals surface area contributed by atoms with Crippen molar-refractivity contribution in [2.45, 2.75) is 72.3 Å². The average molecular weight is 277 g/mol. The van der Waals surface area contributed by atoms with Gasteiger partial charge in [0.25, 0.3) is 5.56 Å². The van der Waals surface area contributed by atoms with Gasteiger partial charge in [-0.3, -0.25) is 9.59 Å². The van der Waals surface area contributed by atoms with Crippen molar-refractivity contribution in [1.82, 2.24) is 4.57 Å². The average Bonchev–Trinajstić information content (AvgIpc) is 2.40. The van der Waals surface area contributed by atoms with E-state index in [1.807, 2.05) is 13.0 Å². The highest BCUT2D eigenvalue weighted by Crippen LogP contribution is 2.08. The lowest BCUT2D eigenvalue weighted by atomic mass is 10.1. The number of ketones is 1. The number of unbranched alkanes of at least 4 members (excludes halogenated alkanes) is 6. The summed E-state index contributed by atoms with van der Waals surface area (Å²) in [6, 6.07) is 3.50. The molecule has 3 heteroatoms. The molecule has 0 unspecified atom stereocenters. The summed E-state index contributed by atoms with van der Waals surface area (Å²) in [5, 5.41) is 0. The van der Waals surface area contributed by atoms with Crippen LogP contribution in [-0.4, -0.2) is 10.4 Å². The van der Waals surface area contributed by atoms with Crippen LogP contribution in [0.25, 0.3) is 0 Å². The second-order valence-corrected chi connectivity index (χ2v) is 5.52. The lowest BCUT2D eigenvalue weighted by molar-refractivity contribution is 0.101. The van der Waals surface area contributed by atoms with Crippen molar-refractivity contribution in [3.8, 4) is 0 Å². The third-order valence-corrected chi connectivity index (χ3v) is 3.76. The number of aryl methyl sites for hydroxylation is 1. The molecule has 0 atom stereocenters. The number of carbonyl (C=O) groups excluding carboxylic acids is 1. The molecule has 0 aromatic carbocycles. The summed E-state index contributed by atoms with van der Waals surface area (Å²) in [4.78, 5) is 23.6. The van der Waals surface area contributed by atoms with Gasteiger partial charge in [-0.1, -0.05) is 45.4 Å².